The van der Waals surface area contributed by atoms with E-state index in [4.69, 9.17) is 0 Å². The molecular formula is C10H12F4N2O. The first kappa shape index (κ1) is 13.7. The van der Waals surface area contributed by atoms with Gasteiger partial charge in [-0.3, -0.25) is 0 Å². The van der Waals surface area contributed by atoms with Crippen molar-refractivity contribution in [1.29, 1.82) is 0 Å². The molecule has 0 aliphatic heterocycles. The standard InChI is InChI=1S/C10H12F4N2O/c1-6(10(12,13)14)17-9-7(4-15-2)3-8(11)5-16-9/h3,5-6,15H,4H2,1-2H3. The molecule has 1 unspecified atom stereocenters. The zero-order valence-corrected chi connectivity index (χ0v) is 9.31. The number of hydrogen-bond acceptors (Lipinski definition) is 3. The van der Waals surface area contributed by atoms with Crippen molar-refractivity contribution in [3.05, 3.63) is 23.6 Å². The summed E-state index contributed by atoms with van der Waals surface area (Å²) in [5, 5.41) is 2.70. The summed E-state index contributed by atoms with van der Waals surface area (Å²) in [6, 6.07) is 1.09. The van der Waals surface area contributed by atoms with Crippen LogP contribution in [-0.2, 0) is 6.54 Å². The fourth-order valence-electron chi connectivity index (χ4n) is 1.13. The number of nitrogens with one attached hydrogen (secondary N) is 1. The van der Waals surface area contributed by atoms with E-state index in [1.807, 2.05) is 0 Å². The summed E-state index contributed by atoms with van der Waals surface area (Å²) in [6.45, 7) is 1.04. The molecule has 7 heteroatoms. The summed E-state index contributed by atoms with van der Waals surface area (Å²) >= 11 is 0. The van der Waals surface area contributed by atoms with Crippen LogP contribution in [0.25, 0.3) is 0 Å². The number of hydrogen-bond donors (Lipinski definition) is 1. The molecule has 1 rings (SSSR count). The normalized spacial score (nSPS) is 13.5. The molecule has 17 heavy (non-hydrogen) atoms. The van der Waals surface area contributed by atoms with E-state index < -0.39 is 18.1 Å². The van der Waals surface area contributed by atoms with Crippen molar-refractivity contribution in [3.8, 4) is 5.88 Å². The van der Waals surface area contributed by atoms with Crippen molar-refractivity contribution in [1.82, 2.24) is 10.3 Å². The van der Waals surface area contributed by atoms with Crippen LogP contribution in [0.2, 0.25) is 0 Å². The number of rotatable bonds is 4. The predicted octanol–water partition coefficient (Wildman–Crippen LogP) is 2.27. The monoisotopic (exact) mass is 252 g/mol. The fourth-order valence-corrected chi connectivity index (χ4v) is 1.13. The van der Waals surface area contributed by atoms with Crippen molar-refractivity contribution in [3.63, 3.8) is 0 Å². The van der Waals surface area contributed by atoms with Gasteiger partial charge in [-0.25, -0.2) is 9.37 Å². The van der Waals surface area contributed by atoms with E-state index in [0.717, 1.165) is 19.2 Å². The average Bonchev–Trinajstić information content (AvgIpc) is 2.21. The Hall–Kier alpha value is -1.37. The van der Waals surface area contributed by atoms with Gasteiger partial charge >= 0.3 is 6.18 Å². The molecule has 0 fully saturated rings. The third-order valence-electron chi connectivity index (χ3n) is 2.01. The van der Waals surface area contributed by atoms with E-state index in [0.29, 0.717) is 0 Å². The van der Waals surface area contributed by atoms with Crippen LogP contribution >= 0.6 is 0 Å². The number of halogens is 4. The lowest BCUT2D eigenvalue weighted by Crippen LogP contribution is -2.32. The van der Waals surface area contributed by atoms with Gasteiger partial charge in [0.15, 0.2) is 6.10 Å². The SMILES string of the molecule is CNCc1cc(F)cnc1OC(C)C(F)(F)F. The first-order valence-electron chi connectivity index (χ1n) is 4.87. The Bertz CT molecular complexity index is 381. The molecule has 96 valence electrons. The minimum atomic E-state index is -4.48. The van der Waals surface area contributed by atoms with Crippen LogP contribution in [0.5, 0.6) is 5.88 Å². The molecule has 1 aromatic rings. The molecule has 1 aromatic heterocycles. The van der Waals surface area contributed by atoms with Crippen LogP contribution in [-0.4, -0.2) is 24.3 Å². The molecule has 0 saturated carbocycles. The number of aromatic nitrogens is 1. The van der Waals surface area contributed by atoms with E-state index in [2.05, 4.69) is 15.0 Å². The molecule has 3 nitrogen and oxygen atoms in total. The van der Waals surface area contributed by atoms with Gasteiger partial charge < -0.3 is 10.1 Å². The summed E-state index contributed by atoms with van der Waals surface area (Å²) < 4.78 is 54.4. The quantitative estimate of drug-likeness (QED) is 0.835. The zero-order chi connectivity index (χ0) is 13.1. The lowest BCUT2D eigenvalue weighted by molar-refractivity contribution is -0.190. The fraction of sp³-hybridized carbons (Fsp3) is 0.500. The second-order valence-electron chi connectivity index (χ2n) is 3.45. The van der Waals surface area contributed by atoms with Gasteiger partial charge in [-0.15, -0.1) is 0 Å². The Balaban J connectivity index is 2.90. The van der Waals surface area contributed by atoms with Gasteiger partial charge in [-0.05, 0) is 20.0 Å². The maximum atomic E-state index is 12.9. The first-order chi connectivity index (χ1) is 7.84. The summed E-state index contributed by atoms with van der Waals surface area (Å²) in [4.78, 5) is 3.51. The van der Waals surface area contributed by atoms with Crippen molar-refractivity contribution in [2.24, 2.45) is 0 Å². The molecular weight excluding hydrogens is 240 g/mol. The maximum absolute atomic E-state index is 12.9. The highest BCUT2D eigenvalue weighted by molar-refractivity contribution is 5.26. The third kappa shape index (κ3) is 3.85. The highest BCUT2D eigenvalue weighted by atomic mass is 19.4. The maximum Gasteiger partial charge on any atom is 0.425 e. The molecule has 1 atom stereocenters. The Kier molecular flexibility index (Phi) is 4.28. The third-order valence-corrected chi connectivity index (χ3v) is 2.01. The van der Waals surface area contributed by atoms with E-state index in [-0.39, 0.29) is 18.0 Å². The first-order valence-corrected chi connectivity index (χ1v) is 4.87. The molecule has 0 saturated heterocycles. The van der Waals surface area contributed by atoms with Crippen LogP contribution < -0.4 is 10.1 Å². The topological polar surface area (TPSA) is 34.2 Å². The Morgan fingerprint density at radius 3 is 2.65 bits per heavy atom. The Morgan fingerprint density at radius 1 is 1.47 bits per heavy atom. The van der Waals surface area contributed by atoms with Crippen molar-refractivity contribution >= 4 is 0 Å². The molecule has 1 heterocycles. The van der Waals surface area contributed by atoms with Gasteiger partial charge in [0.25, 0.3) is 0 Å². The Labute approximate surface area is 95.8 Å². The largest absolute Gasteiger partial charge is 0.465 e. The summed E-state index contributed by atoms with van der Waals surface area (Å²) in [5.74, 6) is -0.840. The van der Waals surface area contributed by atoms with E-state index in [9.17, 15) is 17.6 Å². The Morgan fingerprint density at radius 2 is 2.12 bits per heavy atom. The van der Waals surface area contributed by atoms with Gasteiger partial charge in [0.1, 0.15) is 5.82 Å². The van der Waals surface area contributed by atoms with E-state index in [1.54, 1.807) is 7.05 Å². The van der Waals surface area contributed by atoms with Crippen LogP contribution in [0.1, 0.15) is 12.5 Å². The molecule has 0 aliphatic rings. The van der Waals surface area contributed by atoms with Crippen LogP contribution in [0, 0.1) is 5.82 Å². The van der Waals surface area contributed by atoms with Gasteiger partial charge in [0.2, 0.25) is 5.88 Å². The highest BCUT2D eigenvalue weighted by Crippen LogP contribution is 2.25. The number of nitrogens with zero attached hydrogens (tertiary/aromatic N) is 1. The van der Waals surface area contributed by atoms with Gasteiger partial charge in [0, 0.05) is 12.1 Å². The van der Waals surface area contributed by atoms with Crippen molar-refractivity contribution < 1.29 is 22.3 Å². The summed E-state index contributed by atoms with van der Waals surface area (Å²) in [7, 11) is 1.59. The molecule has 1 N–H and O–H groups in total. The minimum absolute atomic E-state index is 0.171. The van der Waals surface area contributed by atoms with Crippen LogP contribution in [0.15, 0.2) is 12.3 Å². The number of alkyl halides is 3. The zero-order valence-electron chi connectivity index (χ0n) is 9.31. The average molecular weight is 252 g/mol. The molecule has 0 spiro atoms. The minimum Gasteiger partial charge on any atom is -0.465 e. The lowest BCUT2D eigenvalue weighted by atomic mass is 10.2. The second kappa shape index (κ2) is 5.31. The number of pyridine rings is 1. The van der Waals surface area contributed by atoms with Gasteiger partial charge in [-0.2, -0.15) is 13.2 Å². The molecule has 0 aliphatic carbocycles. The van der Waals surface area contributed by atoms with Gasteiger partial charge in [-0.1, -0.05) is 0 Å². The van der Waals surface area contributed by atoms with Gasteiger partial charge in [0.05, 0.1) is 6.20 Å². The van der Waals surface area contributed by atoms with Crippen molar-refractivity contribution in [2.45, 2.75) is 25.7 Å². The number of ether oxygens (including phenoxy) is 1. The molecule has 0 amide bonds. The lowest BCUT2D eigenvalue weighted by Gasteiger charge is -2.18. The van der Waals surface area contributed by atoms with E-state index in [1.165, 1.54) is 0 Å². The highest BCUT2D eigenvalue weighted by Gasteiger charge is 2.38. The van der Waals surface area contributed by atoms with E-state index >= 15 is 0 Å². The summed E-state index contributed by atoms with van der Waals surface area (Å²) in [6.07, 6.45) is -5.65. The predicted molar refractivity (Wildman–Crippen MR) is 53.1 cm³/mol. The molecule has 0 bridgehead atoms. The van der Waals surface area contributed by atoms with Crippen LogP contribution in [0.4, 0.5) is 17.6 Å². The van der Waals surface area contributed by atoms with Crippen molar-refractivity contribution in [2.75, 3.05) is 7.05 Å². The second-order valence-corrected chi connectivity index (χ2v) is 3.45. The van der Waals surface area contributed by atoms with Crippen LogP contribution in [0.3, 0.4) is 0 Å². The molecule has 0 aromatic carbocycles. The molecule has 0 radical (unpaired) electrons. The smallest absolute Gasteiger partial charge is 0.425 e. The summed E-state index contributed by atoms with van der Waals surface area (Å²) in [5.41, 5.74) is 0.239.